The van der Waals surface area contributed by atoms with E-state index in [-0.39, 0.29) is 6.61 Å². The second-order valence-corrected chi connectivity index (χ2v) is 6.70. The van der Waals surface area contributed by atoms with Gasteiger partial charge in [0.05, 0.1) is 11.7 Å². The normalized spacial score (nSPS) is 15.0. The maximum absolute atomic E-state index is 12.1. The molecule has 0 atom stereocenters. The Morgan fingerprint density at radius 3 is 2.67 bits per heavy atom. The smallest absolute Gasteiger partial charge is 0.412 e. The number of carbonyl (C=O) groups is 1. The van der Waals surface area contributed by atoms with Crippen molar-refractivity contribution in [1.82, 2.24) is 9.78 Å². The Bertz CT molecular complexity index is 700. The zero-order valence-electron chi connectivity index (χ0n) is 14.0. The van der Waals surface area contributed by atoms with E-state index >= 15 is 0 Å². The number of rotatable bonds is 5. The number of carbonyl (C=O) groups excluding carboxylic acids is 1. The first-order valence-corrected chi connectivity index (χ1v) is 8.23. The summed E-state index contributed by atoms with van der Waals surface area (Å²) >= 11 is 0. The summed E-state index contributed by atoms with van der Waals surface area (Å²) < 4.78 is 7.08. The number of ether oxygens (including phenoxy) is 1. The molecule has 1 amide bonds. The lowest BCUT2D eigenvalue weighted by molar-refractivity contribution is 0.0729. The van der Waals surface area contributed by atoms with Crippen molar-refractivity contribution in [3.05, 3.63) is 47.8 Å². The molecule has 1 saturated carbocycles. The molecule has 2 aromatic rings. The van der Waals surface area contributed by atoms with Gasteiger partial charge in [0.2, 0.25) is 0 Å². The number of amides is 1. The SMILES string of the molecule is CC(C)(O)c1nn(C2CCC2)cc1NC(=O)OCc1ccccc1. The van der Waals surface area contributed by atoms with Crippen molar-refractivity contribution in [2.45, 2.75) is 51.4 Å². The van der Waals surface area contributed by atoms with Gasteiger partial charge in [0, 0.05) is 6.20 Å². The minimum atomic E-state index is -1.14. The molecule has 0 spiro atoms. The van der Waals surface area contributed by atoms with Crippen LogP contribution in [0.5, 0.6) is 0 Å². The number of nitrogens with one attached hydrogen (secondary N) is 1. The number of nitrogens with zero attached hydrogens (tertiary/aromatic N) is 2. The van der Waals surface area contributed by atoms with E-state index in [0.717, 1.165) is 18.4 Å². The summed E-state index contributed by atoms with van der Waals surface area (Å²) in [6, 6.07) is 9.83. The van der Waals surface area contributed by atoms with Crippen LogP contribution in [0.15, 0.2) is 36.5 Å². The molecule has 1 aliphatic carbocycles. The molecule has 6 nitrogen and oxygen atoms in total. The van der Waals surface area contributed by atoms with Crippen molar-refractivity contribution in [1.29, 1.82) is 0 Å². The van der Waals surface area contributed by atoms with Gasteiger partial charge in [-0.3, -0.25) is 10.00 Å². The third-order valence-electron chi connectivity index (χ3n) is 4.21. The number of hydrogen-bond donors (Lipinski definition) is 2. The molecular formula is C18H23N3O3. The van der Waals surface area contributed by atoms with E-state index in [9.17, 15) is 9.90 Å². The molecular weight excluding hydrogens is 306 g/mol. The molecule has 1 fully saturated rings. The van der Waals surface area contributed by atoms with Gasteiger partial charge in [0.25, 0.3) is 0 Å². The summed E-state index contributed by atoms with van der Waals surface area (Å²) in [7, 11) is 0. The molecule has 2 N–H and O–H groups in total. The van der Waals surface area contributed by atoms with Crippen LogP contribution in [0.25, 0.3) is 0 Å². The summed E-state index contributed by atoms with van der Waals surface area (Å²) in [5, 5.41) is 17.5. The van der Waals surface area contributed by atoms with Gasteiger partial charge in [-0.2, -0.15) is 5.10 Å². The van der Waals surface area contributed by atoms with E-state index in [1.54, 1.807) is 20.0 Å². The zero-order valence-corrected chi connectivity index (χ0v) is 14.0. The lowest BCUT2D eigenvalue weighted by Crippen LogP contribution is -2.22. The Morgan fingerprint density at radius 2 is 2.08 bits per heavy atom. The molecule has 1 aromatic heterocycles. The first kappa shape index (κ1) is 16.5. The van der Waals surface area contributed by atoms with Crippen LogP contribution < -0.4 is 5.32 Å². The van der Waals surface area contributed by atoms with Gasteiger partial charge in [-0.05, 0) is 38.7 Å². The average Bonchev–Trinajstić information content (AvgIpc) is 2.88. The quantitative estimate of drug-likeness (QED) is 0.879. The highest BCUT2D eigenvalue weighted by molar-refractivity contribution is 5.85. The molecule has 0 radical (unpaired) electrons. The largest absolute Gasteiger partial charge is 0.444 e. The summed E-state index contributed by atoms with van der Waals surface area (Å²) in [6.45, 7) is 3.50. The first-order valence-electron chi connectivity index (χ1n) is 8.23. The average molecular weight is 329 g/mol. The van der Waals surface area contributed by atoms with Crippen molar-refractivity contribution in [2.24, 2.45) is 0 Å². The Kier molecular flexibility index (Phi) is 4.57. The van der Waals surface area contributed by atoms with Crippen LogP contribution in [-0.2, 0) is 16.9 Å². The Morgan fingerprint density at radius 1 is 1.38 bits per heavy atom. The Balaban J connectivity index is 1.68. The highest BCUT2D eigenvalue weighted by atomic mass is 16.5. The van der Waals surface area contributed by atoms with E-state index in [0.29, 0.717) is 17.4 Å². The van der Waals surface area contributed by atoms with Crippen molar-refractivity contribution in [2.75, 3.05) is 5.32 Å². The number of hydrogen-bond acceptors (Lipinski definition) is 4. The number of benzene rings is 1. The minimum Gasteiger partial charge on any atom is -0.444 e. The van der Waals surface area contributed by atoms with Crippen LogP contribution >= 0.6 is 0 Å². The molecule has 0 saturated heterocycles. The van der Waals surface area contributed by atoms with Crippen molar-refractivity contribution in [3.63, 3.8) is 0 Å². The second-order valence-electron chi connectivity index (χ2n) is 6.70. The van der Waals surface area contributed by atoms with Gasteiger partial charge in [-0.1, -0.05) is 30.3 Å². The third-order valence-corrected chi connectivity index (χ3v) is 4.21. The molecule has 1 aliphatic rings. The van der Waals surface area contributed by atoms with Gasteiger partial charge in [-0.15, -0.1) is 0 Å². The summed E-state index contributed by atoms with van der Waals surface area (Å²) in [5.74, 6) is 0. The van der Waals surface area contributed by atoms with Gasteiger partial charge in [-0.25, -0.2) is 4.79 Å². The topological polar surface area (TPSA) is 76.4 Å². The van der Waals surface area contributed by atoms with Gasteiger partial charge in [0.15, 0.2) is 0 Å². The Labute approximate surface area is 141 Å². The van der Waals surface area contributed by atoms with Crippen LogP contribution in [0.2, 0.25) is 0 Å². The maximum Gasteiger partial charge on any atom is 0.412 e. The molecule has 3 rings (SSSR count). The monoisotopic (exact) mass is 329 g/mol. The summed E-state index contributed by atoms with van der Waals surface area (Å²) in [4.78, 5) is 12.1. The molecule has 1 heterocycles. The lowest BCUT2D eigenvalue weighted by atomic mass is 9.93. The van der Waals surface area contributed by atoms with Gasteiger partial charge in [0.1, 0.15) is 17.9 Å². The van der Waals surface area contributed by atoms with Crippen LogP contribution in [0.4, 0.5) is 10.5 Å². The summed E-state index contributed by atoms with van der Waals surface area (Å²) in [5.41, 5.74) is 0.718. The zero-order chi connectivity index (χ0) is 17.2. The first-order chi connectivity index (χ1) is 11.4. The van der Waals surface area contributed by atoms with E-state index in [1.165, 1.54) is 6.42 Å². The number of aromatic nitrogens is 2. The molecule has 0 bridgehead atoms. The fourth-order valence-corrected chi connectivity index (χ4v) is 2.64. The second kappa shape index (κ2) is 6.65. The van der Waals surface area contributed by atoms with E-state index < -0.39 is 11.7 Å². The predicted molar refractivity (Wildman–Crippen MR) is 90.6 cm³/mol. The minimum absolute atomic E-state index is 0.196. The fourth-order valence-electron chi connectivity index (χ4n) is 2.64. The van der Waals surface area contributed by atoms with Crippen molar-refractivity contribution >= 4 is 11.8 Å². The molecule has 0 aliphatic heterocycles. The molecule has 128 valence electrons. The Hall–Kier alpha value is -2.34. The fraction of sp³-hybridized carbons (Fsp3) is 0.444. The third kappa shape index (κ3) is 3.76. The highest BCUT2D eigenvalue weighted by Crippen LogP contribution is 2.34. The molecule has 0 unspecified atom stereocenters. The predicted octanol–water partition coefficient (Wildman–Crippen LogP) is 3.58. The lowest BCUT2D eigenvalue weighted by Gasteiger charge is -2.25. The van der Waals surface area contributed by atoms with Crippen LogP contribution in [-0.4, -0.2) is 21.0 Å². The standard InChI is InChI=1S/C18H23N3O3/c1-18(2,23)16-15(11-21(20-16)14-9-6-10-14)19-17(22)24-12-13-7-4-3-5-8-13/h3-5,7-8,11,14,23H,6,9-10,12H2,1-2H3,(H,19,22). The van der Waals surface area contributed by atoms with E-state index in [4.69, 9.17) is 4.74 Å². The number of anilines is 1. The molecule has 6 heteroatoms. The maximum atomic E-state index is 12.1. The van der Waals surface area contributed by atoms with Crippen molar-refractivity contribution < 1.29 is 14.6 Å². The van der Waals surface area contributed by atoms with Crippen LogP contribution in [0, 0.1) is 0 Å². The van der Waals surface area contributed by atoms with Crippen LogP contribution in [0.1, 0.15) is 50.4 Å². The van der Waals surface area contributed by atoms with Crippen molar-refractivity contribution in [3.8, 4) is 0 Å². The number of aliphatic hydroxyl groups is 1. The van der Waals surface area contributed by atoms with Gasteiger partial charge < -0.3 is 9.84 Å². The molecule has 24 heavy (non-hydrogen) atoms. The van der Waals surface area contributed by atoms with E-state index in [2.05, 4.69) is 10.4 Å². The van der Waals surface area contributed by atoms with Gasteiger partial charge >= 0.3 is 6.09 Å². The molecule has 1 aromatic carbocycles. The van der Waals surface area contributed by atoms with E-state index in [1.807, 2.05) is 35.0 Å². The summed E-state index contributed by atoms with van der Waals surface area (Å²) in [6.07, 6.45) is 4.55. The van der Waals surface area contributed by atoms with Crippen LogP contribution in [0.3, 0.4) is 0 Å². The highest BCUT2D eigenvalue weighted by Gasteiger charge is 2.29.